The molecule has 0 spiro atoms. The lowest BCUT2D eigenvalue weighted by atomic mass is 10.0. The maximum atomic E-state index is 13.7. The molecule has 2 aromatic carbocycles. The van der Waals surface area contributed by atoms with Crippen LogP contribution < -0.4 is 10.2 Å². The predicted octanol–water partition coefficient (Wildman–Crippen LogP) is 4.71. The Labute approximate surface area is 186 Å². The van der Waals surface area contributed by atoms with E-state index >= 15 is 0 Å². The van der Waals surface area contributed by atoms with Crippen LogP contribution in [0.2, 0.25) is 0 Å². The van der Waals surface area contributed by atoms with E-state index in [1.54, 1.807) is 55.5 Å². The summed E-state index contributed by atoms with van der Waals surface area (Å²) in [4.78, 5) is 17.9. The quantitative estimate of drug-likeness (QED) is 0.539. The van der Waals surface area contributed by atoms with Crippen LogP contribution in [0.3, 0.4) is 0 Å². The summed E-state index contributed by atoms with van der Waals surface area (Å²) in [5.41, 5.74) is -1.02. The molecule has 33 heavy (non-hydrogen) atoms. The fourth-order valence-electron chi connectivity index (χ4n) is 3.69. The fourth-order valence-corrected chi connectivity index (χ4v) is 3.69. The number of halogens is 4. The molecule has 1 aromatic heterocycles. The van der Waals surface area contributed by atoms with E-state index < -0.39 is 36.3 Å². The van der Waals surface area contributed by atoms with Gasteiger partial charge in [-0.1, -0.05) is 30.3 Å². The highest BCUT2D eigenvalue weighted by molar-refractivity contribution is 6.07. The molecule has 10 heteroatoms. The van der Waals surface area contributed by atoms with Gasteiger partial charge in [0.05, 0.1) is 29.8 Å². The third-order valence-corrected chi connectivity index (χ3v) is 5.26. The third-order valence-electron chi connectivity index (χ3n) is 5.26. The van der Waals surface area contributed by atoms with Crippen molar-refractivity contribution in [3.63, 3.8) is 0 Å². The molecule has 1 fully saturated rings. The van der Waals surface area contributed by atoms with Crippen LogP contribution in [0.1, 0.15) is 23.7 Å². The highest BCUT2D eigenvalue weighted by Gasteiger charge is 2.53. The molecule has 1 aliphatic heterocycles. The van der Waals surface area contributed by atoms with Crippen molar-refractivity contribution in [2.45, 2.75) is 25.5 Å². The summed E-state index contributed by atoms with van der Waals surface area (Å²) in [7, 11) is 0. The van der Waals surface area contributed by atoms with Crippen LogP contribution in [0, 0.1) is 0 Å². The van der Waals surface area contributed by atoms with Gasteiger partial charge in [0.25, 0.3) is 18.4 Å². The van der Waals surface area contributed by atoms with Gasteiger partial charge in [-0.05, 0) is 31.2 Å². The molecule has 1 aliphatic rings. The molecule has 1 amide bonds. The summed E-state index contributed by atoms with van der Waals surface area (Å²) < 4.78 is 59.3. The number of amides is 1. The van der Waals surface area contributed by atoms with Crippen molar-refractivity contribution >= 4 is 16.8 Å². The number of hydrogen-bond acceptors (Lipinski definition) is 5. The SMILES string of the molecule is CCOc1ccccc1-c1cc(C(=O)N2NC(=C(F)F)CC2(O)C(F)F)c2ccccc2n1. The lowest BCUT2D eigenvalue weighted by Gasteiger charge is -2.31. The van der Waals surface area contributed by atoms with Crippen LogP contribution in [0.4, 0.5) is 17.6 Å². The topological polar surface area (TPSA) is 74.7 Å². The first-order valence-electron chi connectivity index (χ1n) is 10.0. The largest absolute Gasteiger partial charge is 0.493 e. The second-order valence-corrected chi connectivity index (χ2v) is 7.35. The number of benzene rings is 2. The van der Waals surface area contributed by atoms with Crippen molar-refractivity contribution < 1.29 is 32.2 Å². The first-order chi connectivity index (χ1) is 15.8. The van der Waals surface area contributed by atoms with Crippen LogP contribution in [0.5, 0.6) is 5.75 Å². The Morgan fingerprint density at radius 2 is 1.91 bits per heavy atom. The number of para-hydroxylation sites is 2. The number of carbonyl (C=O) groups is 1. The molecule has 2 N–H and O–H groups in total. The summed E-state index contributed by atoms with van der Waals surface area (Å²) in [6.45, 7) is 2.18. The highest BCUT2D eigenvalue weighted by Crippen LogP contribution is 2.37. The standard InChI is InChI=1S/C23H19F4N3O3/c1-2-33-19-10-6-4-8-14(19)17-11-15(13-7-3-5-9-16(13)28-17)21(31)30-23(32,22(26)27)12-18(29-30)20(24)25/h3-11,22,29,32H,2,12H2,1H3. The fraction of sp³-hybridized carbons (Fsp3) is 0.217. The molecule has 1 saturated heterocycles. The van der Waals surface area contributed by atoms with Crippen molar-refractivity contribution in [3.05, 3.63) is 71.9 Å². The number of fused-ring (bicyclic) bond motifs is 1. The van der Waals surface area contributed by atoms with Gasteiger partial charge in [-0.15, -0.1) is 0 Å². The first kappa shape index (κ1) is 22.5. The van der Waals surface area contributed by atoms with E-state index in [1.807, 2.05) is 5.43 Å². The molecule has 172 valence electrons. The monoisotopic (exact) mass is 461 g/mol. The lowest BCUT2D eigenvalue weighted by Crippen LogP contribution is -2.55. The second-order valence-electron chi connectivity index (χ2n) is 7.35. The predicted molar refractivity (Wildman–Crippen MR) is 112 cm³/mol. The zero-order valence-corrected chi connectivity index (χ0v) is 17.4. The maximum Gasteiger partial charge on any atom is 0.291 e. The number of nitrogens with zero attached hydrogens (tertiary/aromatic N) is 2. The Kier molecular flexibility index (Phi) is 5.94. The minimum absolute atomic E-state index is 0.103. The summed E-state index contributed by atoms with van der Waals surface area (Å²) >= 11 is 0. The van der Waals surface area contributed by atoms with Crippen LogP contribution in [0.25, 0.3) is 22.2 Å². The number of nitrogens with one attached hydrogen (secondary N) is 1. The Hall–Kier alpha value is -3.66. The number of pyridine rings is 1. The van der Waals surface area contributed by atoms with Gasteiger partial charge in [-0.25, -0.2) is 18.8 Å². The number of aromatic nitrogens is 1. The number of carbonyl (C=O) groups excluding carboxylic acids is 1. The number of hydrogen-bond donors (Lipinski definition) is 2. The van der Waals surface area contributed by atoms with E-state index in [1.165, 1.54) is 6.07 Å². The van der Waals surface area contributed by atoms with Gasteiger partial charge in [0.1, 0.15) is 11.4 Å². The Morgan fingerprint density at radius 3 is 2.61 bits per heavy atom. The van der Waals surface area contributed by atoms with Gasteiger partial charge in [-0.3, -0.25) is 10.2 Å². The Bertz CT molecular complexity index is 1250. The molecule has 4 rings (SSSR count). The summed E-state index contributed by atoms with van der Waals surface area (Å²) in [6.07, 6.45) is -6.94. The molecule has 0 bridgehead atoms. The molecular weight excluding hydrogens is 442 g/mol. The first-order valence-corrected chi connectivity index (χ1v) is 10.0. The molecule has 3 aromatic rings. The molecule has 0 radical (unpaired) electrons. The summed E-state index contributed by atoms with van der Waals surface area (Å²) in [6, 6.07) is 14.8. The van der Waals surface area contributed by atoms with Gasteiger partial charge in [0.15, 0.2) is 0 Å². The van der Waals surface area contributed by atoms with Crippen LogP contribution in [0.15, 0.2) is 66.4 Å². The van der Waals surface area contributed by atoms with Crippen molar-refractivity contribution in [1.82, 2.24) is 15.4 Å². The number of alkyl halides is 2. The molecular formula is C23H19F4N3O3. The normalized spacial score (nSPS) is 18.0. The van der Waals surface area contributed by atoms with E-state index in [9.17, 15) is 27.5 Å². The van der Waals surface area contributed by atoms with Crippen molar-refractivity contribution in [2.24, 2.45) is 0 Å². The van der Waals surface area contributed by atoms with Gasteiger partial charge >= 0.3 is 0 Å². The molecule has 0 saturated carbocycles. The number of hydrazine groups is 1. The summed E-state index contributed by atoms with van der Waals surface area (Å²) in [5, 5.41) is 10.9. The average molecular weight is 461 g/mol. The smallest absolute Gasteiger partial charge is 0.291 e. The van der Waals surface area contributed by atoms with Gasteiger partial charge in [-0.2, -0.15) is 8.78 Å². The van der Waals surface area contributed by atoms with Crippen molar-refractivity contribution in [2.75, 3.05) is 6.61 Å². The average Bonchev–Trinajstić information content (AvgIpc) is 3.18. The third kappa shape index (κ3) is 3.97. The lowest BCUT2D eigenvalue weighted by molar-refractivity contribution is -0.168. The van der Waals surface area contributed by atoms with Crippen molar-refractivity contribution in [1.29, 1.82) is 0 Å². The van der Waals surface area contributed by atoms with Crippen molar-refractivity contribution in [3.8, 4) is 17.0 Å². The van der Waals surface area contributed by atoms with E-state index in [2.05, 4.69) is 4.98 Å². The van der Waals surface area contributed by atoms with E-state index in [0.717, 1.165) is 0 Å². The van der Waals surface area contributed by atoms with Gasteiger partial charge < -0.3 is 9.84 Å². The maximum absolute atomic E-state index is 13.7. The Balaban J connectivity index is 1.89. The molecule has 2 heterocycles. The second kappa shape index (κ2) is 8.70. The number of aliphatic hydroxyl groups is 1. The minimum atomic E-state index is -3.50. The number of rotatable bonds is 5. The van der Waals surface area contributed by atoms with E-state index in [-0.39, 0.29) is 10.6 Å². The molecule has 6 nitrogen and oxygen atoms in total. The molecule has 0 aliphatic carbocycles. The minimum Gasteiger partial charge on any atom is -0.493 e. The van der Waals surface area contributed by atoms with Crippen LogP contribution >= 0.6 is 0 Å². The van der Waals surface area contributed by atoms with E-state index in [4.69, 9.17) is 4.74 Å². The molecule has 1 atom stereocenters. The zero-order chi connectivity index (χ0) is 23.8. The zero-order valence-electron chi connectivity index (χ0n) is 17.4. The summed E-state index contributed by atoms with van der Waals surface area (Å²) in [5.74, 6) is -0.614. The number of ether oxygens (including phenoxy) is 1. The Morgan fingerprint density at radius 1 is 1.21 bits per heavy atom. The van der Waals surface area contributed by atoms with Gasteiger partial charge in [0.2, 0.25) is 5.72 Å². The van der Waals surface area contributed by atoms with Crippen LogP contribution in [-0.2, 0) is 0 Å². The molecule has 1 unspecified atom stereocenters. The highest BCUT2D eigenvalue weighted by atomic mass is 19.3. The van der Waals surface area contributed by atoms with Crippen LogP contribution in [-0.4, -0.2) is 39.8 Å². The van der Waals surface area contributed by atoms with Gasteiger partial charge in [0, 0.05) is 10.9 Å². The van der Waals surface area contributed by atoms with E-state index in [0.29, 0.717) is 34.5 Å².